The lowest BCUT2D eigenvalue weighted by Crippen LogP contribution is -2.40. The molecule has 2 rings (SSSR count). The van der Waals surface area contributed by atoms with Gasteiger partial charge in [0.1, 0.15) is 0 Å². The van der Waals surface area contributed by atoms with Crippen molar-refractivity contribution in [2.75, 3.05) is 40.0 Å². The van der Waals surface area contributed by atoms with E-state index in [-0.39, 0.29) is 29.8 Å². The van der Waals surface area contributed by atoms with Crippen LogP contribution in [0.2, 0.25) is 0 Å². The maximum absolute atomic E-state index is 13.9. The number of hydrogen-bond donors (Lipinski definition) is 1. The molecule has 1 aromatic rings. The number of hydrogen-bond acceptors (Lipinski definition) is 3. The minimum Gasteiger partial charge on any atom is -0.491 e. The number of nitrogens with zero attached hydrogens (tertiary/aromatic N) is 2. The monoisotopic (exact) mass is 465 g/mol. The molecule has 0 saturated carbocycles. The number of methoxy groups -OCH3 is 1. The van der Waals surface area contributed by atoms with Gasteiger partial charge in [-0.15, -0.1) is 24.0 Å². The molecule has 1 aliphatic heterocycles. The fourth-order valence-corrected chi connectivity index (χ4v) is 2.90. The molecule has 142 valence electrons. The molecule has 7 heteroatoms. The molecule has 1 atom stereocenters. The molecule has 1 heterocycles. The molecule has 0 spiro atoms. The molecule has 0 bridgehead atoms. The van der Waals surface area contributed by atoms with Gasteiger partial charge in [-0.25, -0.2) is 9.38 Å². The zero-order chi connectivity index (χ0) is 17.4. The van der Waals surface area contributed by atoms with E-state index in [1.165, 1.54) is 6.07 Å². The normalized spacial score (nSPS) is 17.4. The van der Waals surface area contributed by atoms with Crippen LogP contribution < -0.4 is 10.1 Å². The maximum Gasteiger partial charge on any atom is 0.194 e. The van der Waals surface area contributed by atoms with Crippen molar-refractivity contribution < 1.29 is 13.9 Å². The van der Waals surface area contributed by atoms with Crippen molar-refractivity contribution in [1.29, 1.82) is 0 Å². The molecule has 1 aromatic carbocycles. The second-order valence-corrected chi connectivity index (χ2v) is 5.92. The number of ether oxygens (including phenoxy) is 2. The lowest BCUT2D eigenvalue weighted by atomic mass is 10.1. The SMILES string of the molecule is CCNC(=NCc1ccc(OCC)c(F)c1)N1CCC(COC)C1.I. The molecule has 0 aliphatic carbocycles. The number of halogens is 2. The van der Waals surface area contributed by atoms with Crippen molar-refractivity contribution >= 4 is 29.9 Å². The number of aliphatic imine (C=N–C) groups is 1. The quantitative estimate of drug-likeness (QED) is 0.382. The van der Waals surface area contributed by atoms with E-state index in [1.54, 1.807) is 13.2 Å². The van der Waals surface area contributed by atoms with Gasteiger partial charge >= 0.3 is 0 Å². The Morgan fingerprint density at radius 3 is 2.84 bits per heavy atom. The largest absolute Gasteiger partial charge is 0.491 e. The van der Waals surface area contributed by atoms with Crippen LogP contribution in [-0.4, -0.2) is 50.8 Å². The zero-order valence-electron chi connectivity index (χ0n) is 15.3. The summed E-state index contributed by atoms with van der Waals surface area (Å²) in [4.78, 5) is 6.91. The molecule has 1 aliphatic rings. The summed E-state index contributed by atoms with van der Waals surface area (Å²) in [5.41, 5.74) is 0.832. The van der Waals surface area contributed by atoms with E-state index in [2.05, 4.69) is 22.1 Å². The van der Waals surface area contributed by atoms with Crippen LogP contribution in [0, 0.1) is 11.7 Å². The predicted molar refractivity (Wildman–Crippen MR) is 109 cm³/mol. The lowest BCUT2D eigenvalue weighted by Gasteiger charge is -2.21. The molecule has 5 nitrogen and oxygen atoms in total. The third-order valence-electron chi connectivity index (χ3n) is 4.03. The number of guanidine groups is 1. The summed E-state index contributed by atoms with van der Waals surface area (Å²) in [7, 11) is 1.74. The van der Waals surface area contributed by atoms with Crippen LogP contribution in [0.5, 0.6) is 5.75 Å². The molecule has 0 aromatic heterocycles. The highest BCUT2D eigenvalue weighted by Gasteiger charge is 2.24. The Hall–Kier alpha value is -1.09. The van der Waals surface area contributed by atoms with Gasteiger partial charge in [0.05, 0.1) is 19.8 Å². The first-order chi connectivity index (χ1) is 11.7. The van der Waals surface area contributed by atoms with E-state index in [9.17, 15) is 4.39 Å². The van der Waals surface area contributed by atoms with Crippen LogP contribution in [0.1, 0.15) is 25.8 Å². The average Bonchev–Trinajstić information content (AvgIpc) is 3.03. The van der Waals surface area contributed by atoms with E-state index in [0.717, 1.165) is 44.2 Å². The second kappa shape index (κ2) is 11.5. The zero-order valence-corrected chi connectivity index (χ0v) is 17.6. The molecule has 0 radical (unpaired) electrons. The topological polar surface area (TPSA) is 46.1 Å². The summed E-state index contributed by atoms with van der Waals surface area (Å²) in [5, 5.41) is 3.32. The van der Waals surface area contributed by atoms with Crippen molar-refractivity contribution in [2.45, 2.75) is 26.8 Å². The van der Waals surface area contributed by atoms with Crippen LogP contribution in [0.3, 0.4) is 0 Å². The van der Waals surface area contributed by atoms with E-state index in [0.29, 0.717) is 24.8 Å². The molecular weight excluding hydrogens is 436 g/mol. The van der Waals surface area contributed by atoms with Gasteiger partial charge in [-0.2, -0.15) is 0 Å². The predicted octanol–water partition coefficient (Wildman–Crippen LogP) is 3.28. The molecule has 1 N–H and O–H groups in total. The fraction of sp³-hybridized carbons (Fsp3) is 0.611. The van der Waals surface area contributed by atoms with E-state index < -0.39 is 0 Å². The summed E-state index contributed by atoms with van der Waals surface area (Å²) >= 11 is 0. The lowest BCUT2D eigenvalue weighted by molar-refractivity contribution is 0.157. The summed E-state index contributed by atoms with van der Waals surface area (Å²) in [6, 6.07) is 5.02. The third-order valence-corrected chi connectivity index (χ3v) is 4.03. The van der Waals surface area contributed by atoms with Gasteiger partial charge in [0, 0.05) is 32.7 Å². The third kappa shape index (κ3) is 6.62. The first-order valence-electron chi connectivity index (χ1n) is 8.61. The Kier molecular flexibility index (Phi) is 10.1. The van der Waals surface area contributed by atoms with Gasteiger partial charge in [0.25, 0.3) is 0 Å². The average molecular weight is 465 g/mol. The molecule has 0 amide bonds. The number of likely N-dealkylation sites (tertiary alicyclic amines) is 1. The van der Waals surface area contributed by atoms with Crippen molar-refractivity contribution in [2.24, 2.45) is 10.9 Å². The molecule has 25 heavy (non-hydrogen) atoms. The Bertz CT molecular complexity index is 557. The highest BCUT2D eigenvalue weighted by atomic mass is 127. The Morgan fingerprint density at radius 1 is 1.40 bits per heavy atom. The highest BCUT2D eigenvalue weighted by molar-refractivity contribution is 14.0. The van der Waals surface area contributed by atoms with E-state index >= 15 is 0 Å². The van der Waals surface area contributed by atoms with Gasteiger partial charge < -0.3 is 19.7 Å². The Balaban J connectivity index is 0.00000312. The highest BCUT2D eigenvalue weighted by Crippen LogP contribution is 2.20. The first-order valence-corrected chi connectivity index (χ1v) is 8.61. The van der Waals surface area contributed by atoms with Crippen LogP contribution >= 0.6 is 24.0 Å². The number of rotatable bonds is 7. The summed E-state index contributed by atoms with van der Waals surface area (Å²) < 4.78 is 24.4. The molecular formula is C18H29FIN3O2. The standard InChI is InChI=1S/C18H28FN3O2.HI/c1-4-20-18(22-9-8-15(12-22)13-23-3)21-11-14-6-7-17(24-5-2)16(19)10-14;/h6-7,10,15H,4-5,8-9,11-13H2,1-3H3,(H,20,21);1H. The second-order valence-electron chi connectivity index (χ2n) is 5.92. The smallest absolute Gasteiger partial charge is 0.194 e. The molecule has 1 unspecified atom stereocenters. The van der Waals surface area contributed by atoms with Crippen molar-refractivity contribution in [3.63, 3.8) is 0 Å². The Morgan fingerprint density at radius 2 is 2.20 bits per heavy atom. The van der Waals surface area contributed by atoms with Gasteiger partial charge in [0.15, 0.2) is 17.5 Å². The van der Waals surface area contributed by atoms with Gasteiger partial charge in [-0.05, 0) is 38.0 Å². The van der Waals surface area contributed by atoms with Crippen LogP contribution in [-0.2, 0) is 11.3 Å². The van der Waals surface area contributed by atoms with Gasteiger partial charge in [0.2, 0.25) is 0 Å². The fourth-order valence-electron chi connectivity index (χ4n) is 2.90. The van der Waals surface area contributed by atoms with Crippen molar-refractivity contribution in [3.8, 4) is 5.75 Å². The minimum atomic E-state index is -0.337. The van der Waals surface area contributed by atoms with Crippen LogP contribution in [0.4, 0.5) is 4.39 Å². The summed E-state index contributed by atoms with van der Waals surface area (Å²) in [6.07, 6.45) is 1.11. The maximum atomic E-state index is 13.9. The number of nitrogens with one attached hydrogen (secondary N) is 1. The van der Waals surface area contributed by atoms with Gasteiger partial charge in [-0.3, -0.25) is 0 Å². The molecule has 1 fully saturated rings. The summed E-state index contributed by atoms with van der Waals surface area (Å²) in [5.74, 6) is 1.38. The van der Waals surface area contributed by atoms with Crippen LogP contribution in [0.15, 0.2) is 23.2 Å². The van der Waals surface area contributed by atoms with Crippen molar-refractivity contribution in [3.05, 3.63) is 29.6 Å². The minimum absolute atomic E-state index is 0. The number of benzene rings is 1. The van der Waals surface area contributed by atoms with E-state index in [4.69, 9.17) is 9.47 Å². The first kappa shape index (κ1) is 22.0. The van der Waals surface area contributed by atoms with Crippen molar-refractivity contribution in [1.82, 2.24) is 10.2 Å². The van der Waals surface area contributed by atoms with E-state index in [1.807, 2.05) is 13.0 Å². The van der Waals surface area contributed by atoms with Crippen LogP contribution in [0.25, 0.3) is 0 Å². The Labute approximate surface area is 167 Å². The van der Waals surface area contributed by atoms with Gasteiger partial charge in [-0.1, -0.05) is 6.07 Å². The summed E-state index contributed by atoms with van der Waals surface area (Å²) in [6.45, 7) is 8.28. The molecule has 1 saturated heterocycles.